The SMILES string of the molecule is CNC(c1ccc(I)cc1)c1ccc(Cl)c(OC)c1. The predicted molar refractivity (Wildman–Crippen MR) is 88.1 cm³/mol. The molecule has 0 saturated carbocycles. The molecule has 2 nitrogen and oxygen atoms in total. The van der Waals surface area contributed by atoms with Crippen LogP contribution in [-0.2, 0) is 0 Å². The van der Waals surface area contributed by atoms with Gasteiger partial charge >= 0.3 is 0 Å². The molecule has 4 heteroatoms. The summed E-state index contributed by atoms with van der Waals surface area (Å²) in [6, 6.07) is 14.5. The van der Waals surface area contributed by atoms with Crippen molar-refractivity contribution in [1.29, 1.82) is 0 Å². The normalized spacial score (nSPS) is 12.2. The lowest BCUT2D eigenvalue weighted by atomic mass is 9.99. The maximum absolute atomic E-state index is 6.06. The van der Waals surface area contributed by atoms with Crippen LogP contribution in [0.2, 0.25) is 5.02 Å². The minimum atomic E-state index is 0.128. The summed E-state index contributed by atoms with van der Waals surface area (Å²) >= 11 is 8.37. The van der Waals surface area contributed by atoms with Crippen LogP contribution in [0.1, 0.15) is 17.2 Å². The highest BCUT2D eigenvalue weighted by atomic mass is 127. The second-order valence-corrected chi connectivity index (χ2v) is 5.82. The lowest BCUT2D eigenvalue weighted by molar-refractivity contribution is 0.414. The average Bonchev–Trinajstić information content (AvgIpc) is 2.43. The van der Waals surface area contributed by atoms with E-state index in [9.17, 15) is 0 Å². The Bertz CT molecular complexity index is 557. The number of rotatable bonds is 4. The van der Waals surface area contributed by atoms with E-state index < -0.39 is 0 Å². The van der Waals surface area contributed by atoms with E-state index >= 15 is 0 Å². The van der Waals surface area contributed by atoms with Crippen LogP contribution in [0, 0.1) is 3.57 Å². The fraction of sp³-hybridized carbons (Fsp3) is 0.200. The van der Waals surface area contributed by atoms with E-state index in [1.54, 1.807) is 7.11 Å². The Morgan fingerprint density at radius 3 is 2.32 bits per heavy atom. The zero-order valence-corrected chi connectivity index (χ0v) is 13.7. The van der Waals surface area contributed by atoms with Gasteiger partial charge < -0.3 is 10.1 Å². The molecule has 0 amide bonds. The summed E-state index contributed by atoms with van der Waals surface area (Å²) in [5.41, 5.74) is 2.34. The molecule has 0 bridgehead atoms. The van der Waals surface area contributed by atoms with Crippen LogP contribution < -0.4 is 10.1 Å². The standard InChI is InChI=1S/C15H15ClINO/c1-18-15(10-3-6-12(17)7-4-10)11-5-8-13(16)14(9-11)19-2/h3-9,15,18H,1-2H3. The molecule has 0 aliphatic rings. The molecule has 0 aliphatic carbocycles. The molecule has 0 aliphatic heterocycles. The highest BCUT2D eigenvalue weighted by molar-refractivity contribution is 14.1. The van der Waals surface area contributed by atoms with Gasteiger partial charge in [-0.1, -0.05) is 29.8 Å². The van der Waals surface area contributed by atoms with E-state index in [4.69, 9.17) is 16.3 Å². The summed E-state index contributed by atoms with van der Waals surface area (Å²) in [7, 11) is 3.58. The van der Waals surface area contributed by atoms with Gasteiger partial charge in [0.25, 0.3) is 0 Å². The van der Waals surface area contributed by atoms with Crippen LogP contribution >= 0.6 is 34.2 Å². The van der Waals surface area contributed by atoms with Crippen molar-refractivity contribution in [3.63, 3.8) is 0 Å². The van der Waals surface area contributed by atoms with Gasteiger partial charge in [0.1, 0.15) is 5.75 Å². The van der Waals surface area contributed by atoms with Crippen molar-refractivity contribution in [2.45, 2.75) is 6.04 Å². The van der Waals surface area contributed by atoms with Crippen molar-refractivity contribution < 1.29 is 4.74 Å². The Balaban J connectivity index is 2.39. The number of hydrogen-bond donors (Lipinski definition) is 1. The lowest BCUT2D eigenvalue weighted by Gasteiger charge is -2.18. The summed E-state index contributed by atoms with van der Waals surface area (Å²) in [5.74, 6) is 0.699. The highest BCUT2D eigenvalue weighted by Crippen LogP contribution is 2.30. The molecular weight excluding hydrogens is 373 g/mol. The van der Waals surface area contributed by atoms with Gasteiger partial charge in [-0.25, -0.2) is 0 Å². The molecule has 0 saturated heterocycles. The zero-order chi connectivity index (χ0) is 13.8. The molecule has 0 spiro atoms. The van der Waals surface area contributed by atoms with Crippen LogP contribution in [0.4, 0.5) is 0 Å². The quantitative estimate of drug-likeness (QED) is 0.792. The van der Waals surface area contributed by atoms with Gasteiger partial charge in [0.15, 0.2) is 0 Å². The van der Waals surface area contributed by atoms with Crippen LogP contribution in [0.15, 0.2) is 42.5 Å². The van der Waals surface area contributed by atoms with Crippen molar-refractivity contribution in [1.82, 2.24) is 5.32 Å². The first-order chi connectivity index (χ1) is 9.15. The van der Waals surface area contributed by atoms with E-state index in [-0.39, 0.29) is 6.04 Å². The molecule has 1 atom stereocenters. The summed E-state index contributed by atoms with van der Waals surface area (Å²) in [5, 5.41) is 3.95. The van der Waals surface area contributed by atoms with Crippen molar-refractivity contribution in [3.05, 3.63) is 62.2 Å². The molecule has 0 heterocycles. The Hall–Kier alpha value is -0.780. The van der Waals surface area contributed by atoms with Gasteiger partial charge in [-0.05, 0) is 65.0 Å². The molecule has 2 aromatic carbocycles. The van der Waals surface area contributed by atoms with E-state index in [0.717, 1.165) is 5.56 Å². The Morgan fingerprint density at radius 1 is 1.11 bits per heavy atom. The van der Waals surface area contributed by atoms with Gasteiger partial charge in [0.2, 0.25) is 0 Å². The van der Waals surface area contributed by atoms with E-state index in [1.807, 2.05) is 25.2 Å². The monoisotopic (exact) mass is 387 g/mol. The summed E-state index contributed by atoms with van der Waals surface area (Å²) < 4.78 is 6.50. The summed E-state index contributed by atoms with van der Waals surface area (Å²) in [4.78, 5) is 0. The molecule has 2 rings (SSSR count). The van der Waals surface area contributed by atoms with Crippen LogP contribution in [0.5, 0.6) is 5.75 Å². The fourth-order valence-corrected chi connectivity index (χ4v) is 2.59. The third-order valence-corrected chi connectivity index (χ3v) is 4.03. The fourth-order valence-electron chi connectivity index (χ4n) is 2.04. The smallest absolute Gasteiger partial charge is 0.137 e. The Kier molecular flexibility index (Phi) is 5.07. The first-order valence-corrected chi connectivity index (χ1v) is 7.37. The molecule has 2 aromatic rings. The van der Waals surface area contributed by atoms with E-state index in [0.29, 0.717) is 10.8 Å². The molecule has 1 unspecified atom stereocenters. The summed E-state index contributed by atoms with van der Waals surface area (Å²) in [6.07, 6.45) is 0. The molecule has 19 heavy (non-hydrogen) atoms. The third kappa shape index (κ3) is 3.41. The van der Waals surface area contributed by atoms with Gasteiger partial charge in [-0.3, -0.25) is 0 Å². The molecule has 0 aromatic heterocycles. The van der Waals surface area contributed by atoms with Crippen LogP contribution in [0.3, 0.4) is 0 Å². The molecule has 0 fully saturated rings. The topological polar surface area (TPSA) is 21.3 Å². The maximum Gasteiger partial charge on any atom is 0.137 e. The lowest BCUT2D eigenvalue weighted by Crippen LogP contribution is -2.17. The first-order valence-electron chi connectivity index (χ1n) is 5.92. The van der Waals surface area contributed by atoms with Gasteiger partial charge in [0.05, 0.1) is 18.2 Å². The molecule has 1 N–H and O–H groups in total. The van der Waals surface area contributed by atoms with E-state index in [2.05, 4.69) is 52.2 Å². The number of methoxy groups -OCH3 is 1. The molecular formula is C15H15ClINO. The molecule has 100 valence electrons. The maximum atomic E-state index is 6.06. The molecule has 0 radical (unpaired) electrons. The zero-order valence-electron chi connectivity index (χ0n) is 10.8. The second-order valence-electron chi connectivity index (χ2n) is 4.17. The number of ether oxygens (including phenoxy) is 1. The van der Waals surface area contributed by atoms with Gasteiger partial charge in [-0.2, -0.15) is 0 Å². The highest BCUT2D eigenvalue weighted by Gasteiger charge is 2.13. The van der Waals surface area contributed by atoms with Crippen LogP contribution in [-0.4, -0.2) is 14.2 Å². The first kappa shape index (κ1) is 14.6. The van der Waals surface area contributed by atoms with Gasteiger partial charge in [-0.15, -0.1) is 0 Å². The largest absolute Gasteiger partial charge is 0.495 e. The number of hydrogen-bond acceptors (Lipinski definition) is 2. The Labute approximate surface area is 132 Å². The minimum absolute atomic E-state index is 0.128. The van der Waals surface area contributed by atoms with Crippen molar-refractivity contribution in [2.75, 3.05) is 14.2 Å². The van der Waals surface area contributed by atoms with Crippen molar-refractivity contribution >= 4 is 34.2 Å². The van der Waals surface area contributed by atoms with Crippen molar-refractivity contribution in [3.8, 4) is 5.75 Å². The number of benzene rings is 2. The average molecular weight is 388 g/mol. The minimum Gasteiger partial charge on any atom is -0.495 e. The number of nitrogens with one attached hydrogen (secondary N) is 1. The third-order valence-electron chi connectivity index (χ3n) is 3.00. The van der Waals surface area contributed by atoms with Crippen molar-refractivity contribution in [2.24, 2.45) is 0 Å². The van der Waals surface area contributed by atoms with Gasteiger partial charge in [0, 0.05) is 3.57 Å². The van der Waals surface area contributed by atoms with Crippen LogP contribution in [0.25, 0.3) is 0 Å². The predicted octanol–water partition coefficient (Wildman–Crippen LogP) is 4.26. The van der Waals surface area contributed by atoms with E-state index in [1.165, 1.54) is 9.13 Å². The Morgan fingerprint density at radius 2 is 1.74 bits per heavy atom. The summed E-state index contributed by atoms with van der Waals surface area (Å²) in [6.45, 7) is 0. The second kappa shape index (κ2) is 6.59. The number of halogens is 2.